The van der Waals surface area contributed by atoms with Crippen LogP contribution in [0, 0.1) is 0 Å². The van der Waals surface area contributed by atoms with Crippen LogP contribution >= 0.6 is 0 Å². The normalized spacial score (nSPS) is 23.4. The number of fused-ring (bicyclic) bond motifs is 1. The quantitative estimate of drug-likeness (QED) is 0.661. The standard InChI is InChI=1S/C22H26N2O6/c1-4-14(5-2)30-18-11-13(22(28)29)10-17(19(18)23-12(3)25)24-20(26)15-8-6-7-9-16(15)21(24)27/h6-9,11,14,17-19H,4-5,10H2,1-3H3,(H,23,25)(H,28,29)/t17-,18+,19+/m0/s1. The first-order chi connectivity index (χ1) is 14.3. The molecule has 0 fully saturated rings. The van der Waals surface area contributed by atoms with E-state index in [4.69, 9.17) is 4.74 Å². The van der Waals surface area contributed by atoms with Crippen molar-refractivity contribution in [1.29, 1.82) is 0 Å². The molecule has 0 radical (unpaired) electrons. The number of imide groups is 1. The Labute approximate surface area is 174 Å². The summed E-state index contributed by atoms with van der Waals surface area (Å²) in [6, 6.07) is 4.84. The maximum absolute atomic E-state index is 13.0. The van der Waals surface area contributed by atoms with E-state index in [9.17, 15) is 24.3 Å². The van der Waals surface area contributed by atoms with Gasteiger partial charge in [0.2, 0.25) is 5.91 Å². The van der Waals surface area contributed by atoms with E-state index < -0.39 is 36.0 Å². The summed E-state index contributed by atoms with van der Waals surface area (Å²) >= 11 is 0. The number of amides is 3. The number of rotatable bonds is 7. The van der Waals surface area contributed by atoms with Crippen molar-refractivity contribution in [3.05, 3.63) is 47.0 Å². The smallest absolute Gasteiger partial charge is 0.331 e. The lowest BCUT2D eigenvalue weighted by atomic mass is 9.86. The Hall–Kier alpha value is -3.00. The highest BCUT2D eigenvalue weighted by molar-refractivity contribution is 6.21. The van der Waals surface area contributed by atoms with Gasteiger partial charge < -0.3 is 15.2 Å². The Morgan fingerprint density at radius 1 is 1.17 bits per heavy atom. The van der Waals surface area contributed by atoms with Gasteiger partial charge in [0.05, 0.1) is 35.4 Å². The molecule has 30 heavy (non-hydrogen) atoms. The lowest BCUT2D eigenvalue weighted by Crippen LogP contribution is -2.60. The number of carboxylic acid groups (broad SMARTS) is 1. The minimum Gasteiger partial charge on any atom is -0.478 e. The van der Waals surface area contributed by atoms with Crippen molar-refractivity contribution in [1.82, 2.24) is 10.2 Å². The van der Waals surface area contributed by atoms with E-state index in [1.807, 2.05) is 13.8 Å². The van der Waals surface area contributed by atoms with Gasteiger partial charge in [-0.05, 0) is 31.1 Å². The van der Waals surface area contributed by atoms with Crippen LogP contribution in [0.15, 0.2) is 35.9 Å². The van der Waals surface area contributed by atoms with Gasteiger partial charge in [0.25, 0.3) is 11.8 Å². The molecule has 3 amide bonds. The van der Waals surface area contributed by atoms with E-state index in [0.29, 0.717) is 12.8 Å². The highest BCUT2D eigenvalue weighted by atomic mass is 16.5. The zero-order valence-corrected chi connectivity index (χ0v) is 17.3. The van der Waals surface area contributed by atoms with Gasteiger partial charge in [-0.3, -0.25) is 19.3 Å². The average molecular weight is 414 g/mol. The summed E-state index contributed by atoms with van der Waals surface area (Å²) in [7, 11) is 0. The fourth-order valence-corrected chi connectivity index (χ4v) is 4.10. The summed E-state index contributed by atoms with van der Waals surface area (Å²) in [5, 5.41) is 12.4. The molecule has 0 bridgehead atoms. The number of benzene rings is 1. The molecule has 2 aliphatic rings. The van der Waals surface area contributed by atoms with Gasteiger partial charge >= 0.3 is 5.97 Å². The Morgan fingerprint density at radius 3 is 2.20 bits per heavy atom. The summed E-state index contributed by atoms with van der Waals surface area (Å²) < 4.78 is 6.12. The number of nitrogens with zero attached hydrogens (tertiary/aromatic N) is 1. The van der Waals surface area contributed by atoms with Crippen molar-refractivity contribution in [2.45, 2.75) is 64.3 Å². The Bertz CT molecular complexity index is 870. The first-order valence-electron chi connectivity index (χ1n) is 10.1. The minimum absolute atomic E-state index is 0.0501. The van der Waals surface area contributed by atoms with Crippen molar-refractivity contribution in [2.75, 3.05) is 0 Å². The number of carboxylic acids is 1. The SMILES string of the molecule is CCC(CC)O[C@@H]1C=C(C(=O)O)C[C@H](N2C(=O)c3ccccc3C2=O)[C@H]1NC(C)=O. The monoisotopic (exact) mass is 414 g/mol. The molecular weight excluding hydrogens is 388 g/mol. The summed E-state index contributed by atoms with van der Waals surface area (Å²) in [6.07, 6.45) is 1.87. The van der Waals surface area contributed by atoms with Crippen LogP contribution in [0.3, 0.4) is 0 Å². The fourth-order valence-electron chi connectivity index (χ4n) is 4.10. The highest BCUT2D eigenvalue weighted by Gasteiger charge is 2.47. The number of hydrogen-bond donors (Lipinski definition) is 2. The fraction of sp³-hybridized carbons (Fsp3) is 0.455. The van der Waals surface area contributed by atoms with E-state index >= 15 is 0 Å². The van der Waals surface area contributed by atoms with Crippen LogP contribution in [-0.2, 0) is 14.3 Å². The highest BCUT2D eigenvalue weighted by Crippen LogP contribution is 2.33. The van der Waals surface area contributed by atoms with Gasteiger partial charge in [0, 0.05) is 18.9 Å². The molecule has 3 rings (SSSR count). The molecule has 0 aromatic heterocycles. The van der Waals surface area contributed by atoms with Crippen molar-refractivity contribution < 1.29 is 29.0 Å². The maximum atomic E-state index is 13.0. The van der Waals surface area contributed by atoms with Gasteiger partial charge in [-0.15, -0.1) is 0 Å². The van der Waals surface area contributed by atoms with Gasteiger partial charge in [-0.1, -0.05) is 26.0 Å². The number of ether oxygens (including phenoxy) is 1. The molecule has 2 N–H and O–H groups in total. The zero-order chi connectivity index (χ0) is 22.0. The number of carbonyl (C=O) groups is 4. The Balaban J connectivity index is 2.04. The first-order valence-corrected chi connectivity index (χ1v) is 10.1. The van der Waals surface area contributed by atoms with Crippen LogP contribution in [-0.4, -0.2) is 58.0 Å². The maximum Gasteiger partial charge on any atom is 0.331 e. The van der Waals surface area contributed by atoms with E-state index in [-0.39, 0.29) is 35.1 Å². The Morgan fingerprint density at radius 2 is 1.73 bits per heavy atom. The molecule has 8 heteroatoms. The molecule has 0 spiro atoms. The third-order valence-corrected chi connectivity index (χ3v) is 5.63. The molecule has 1 aliphatic carbocycles. The summed E-state index contributed by atoms with van der Waals surface area (Å²) in [6.45, 7) is 5.24. The van der Waals surface area contributed by atoms with Crippen molar-refractivity contribution >= 4 is 23.7 Å². The molecule has 0 saturated heterocycles. The van der Waals surface area contributed by atoms with Crippen LogP contribution in [0.2, 0.25) is 0 Å². The van der Waals surface area contributed by atoms with Crippen LogP contribution in [0.5, 0.6) is 0 Å². The van der Waals surface area contributed by atoms with E-state index in [1.54, 1.807) is 24.3 Å². The molecule has 1 heterocycles. The lowest BCUT2D eigenvalue weighted by molar-refractivity contribution is -0.133. The van der Waals surface area contributed by atoms with Crippen molar-refractivity contribution in [3.63, 3.8) is 0 Å². The van der Waals surface area contributed by atoms with Crippen molar-refractivity contribution in [3.8, 4) is 0 Å². The van der Waals surface area contributed by atoms with E-state index in [0.717, 1.165) is 4.90 Å². The summed E-state index contributed by atoms with van der Waals surface area (Å²) in [4.78, 5) is 50.9. The molecule has 3 atom stereocenters. The lowest BCUT2D eigenvalue weighted by Gasteiger charge is -2.41. The number of aliphatic carboxylic acids is 1. The summed E-state index contributed by atoms with van der Waals surface area (Å²) in [5.74, 6) is -2.49. The van der Waals surface area contributed by atoms with Crippen LogP contribution in [0.25, 0.3) is 0 Å². The van der Waals surface area contributed by atoms with Gasteiger partial charge in [0.1, 0.15) is 0 Å². The third-order valence-electron chi connectivity index (χ3n) is 5.63. The average Bonchev–Trinajstić information content (AvgIpc) is 2.97. The molecule has 0 saturated carbocycles. The second-order valence-electron chi connectivity index (χ2n) is 7.56. The molecular formula is C22H26N2O6. The second kappa shape index (κ2) is 8.79. The van der Waals surface area contributed by atoms with Gasteiger partial charge in [-0.25, -0.2) is 4.79 Å². The molecule has 8 nitrogen and oxygen atoms in total. The predicted octanol–water partition coefficient (Wildman–Crippen LogP) is 2.14. The molecule has 0 unspecified atom stereocenters. The van der Waals surface area contributed by atoms with Crippen LogP contribution in [0.4, 0.5) is 0 Å². The summed E-state index contributed by atoms with van der Waals surface area (Å²) in [5.41, 5.74) is 0.593. The molecule has 160 valence electrons. The zero-order valence-electron chi connectivity index (χ0n) is 17.3. The third kappa shape index (κ3) is 4.00. The number of carbonyl (C=O) groups excluding carboxylic acids is 3. The first kappa shape index (κ1) is 21.7. The van der Waals surface area contributed by atoms with Crippen LogP contribution in [0.1, 0.15) is 60.7 Å². The molecule has 1 aromatic carbocycles. The van der Waals surface area contributed by atoms with Gasteiger partial charge in [0.15, 0.2) is 0 Å². The van der Waals surface area contributed by atoms with Gasteiger partial charge in [-0.2, -0.15) is 0 Å². The Kier molecular flexibility index (Phi) is 6.36. The van der Waals surface area contributed by atoms with Crippen molar-refractivity contribution in [2.24, 2.45) is 0 Å². The topological polar surface area (TPSA) is 113 Å². The predicted molar refractivity (Wildman–Crippen MR) is 108 cm³/mol. The van der Waals surface area contributed by atoms with Crippen LogP contribution < -0.4 is 5.32 Å². The van der Waals surface area contributed by atoms with E-state index in [1.165, 1.54) is 13.0 Å². The minimum atomic E-state index is -1.14. The van der Waals surface area contributed by atoms with E-state index in [2.05, 4.69) is 5.32 Å². The number of nitrogens with one attached hydrogen (secondary N) is 1. The second-order valence-corrected chi connectivity index (χ2v) is 7.56. The molecule has 1 aliphatic heterocycles. The molecule has 1 aromatic rings. The largest absolute Gasteiger partial charge is 0.478 e. The number of hydrogen-bond acceptors (Lipinski definition) is 5.